The van der Waals surface area contributed by atoms with Gasteiger partial charge in [-0.2, -0.15) is 0 Å². The Morgan fingerprint density at radius 2 is 2.16 bits per heavy atom. The number of rotatable bonds is 6. The molecule has 0 N–H and O–H groups in total. The Kier molecular flexibility index (Phi) is 5.56. The highest BCUT2D eigenvalue weighted by Gasteiger charge is 2.20. The van der Waals surface area contributed by atoms with Gasteiger partial charge >= 0.3 is 11.7 Å². The van der Waals surface area contributed by atoms with Crippen molar-refractivity contribution in [1.29, 1.82) is 0 Å². The van der Waals surface area contributed by atoms with Gasteiger partial charge in [0.2, 0.25) is 0 Å². The van der Waals surface area contributed by atoms with Gasteiger partial charge in [0.1, 0.15) is 17.2 Å². The number of benzene rings is 1. The molecule has 0 saturated heterocycles. The van der Waals surface area contributed by atoms with Gasteiger partial charge in [0.25, 0.3) is 0 Å². The Labute approximate surface area is 117 Å². The summed E-state index contributed by atoms with van der Waals surface area (Å²) < 4.78 is 14.6. The molecule has 1 aromatic rings. The number of esters is 1. The summed E-state index contributed by atoms with van der Waals surface area (Å²) in [6, 6.07) is 4.19. The van der Waals surface area contributed by atoms with E-state index in [1.165, 1.54) is 32.4 Å². The highest BCUT2D eigenvalue weighted by Crippen LogP contribution is 2.31. The van der Waals surface area contributed by atoms with Gasteiger partial charge in [-0.05, 0) is 12.1 Å². The van der Waals surface area contributed by atoms with Crippen LogP contribution in [0.3, 0.4) is 0 Å². The summed E-state index contributed by atoms with van der Waals surface area (Å²) in [5.41, 5.74) is -0.232. The van der Waals surface area contributed by atoms with E-state index in [2.05, 4.69) is 20.7 Å². The van der Waals surface area contributed by atoms with E-state index in [1.54, 1.807) is 0 Å². The fourth-order valence-electron chi connectivity index (χ4n) is 1.25. The van der Waals surface area contributed by atoms with Crippen LogP contribution in [0.25, 0.3) is 0 Å². The standard InChI is InChI=1S/C11H12BrNO6/c1-17-7-3-4-10(9(5-7)13(15)16)19-6-8(12)11(14)18-2/h3-5,8H,6H2,1-2H3. The lowest BCUT2D eigenvalue weighted by Gasteiger charge is -2.10. The van der Waals surface area contributed by atoms with Crippen LogP contribution < -0.4 is 9.47 Å². The van der Waals surface area contributed by atoms with Gasteiger partial charge in [-0.25, -0.2) is 0 Å². The summed E-state index contributed by atoms with van der Waals surface area (Å²) in [4.78, 5) is 20.8. The maximum atomic E-state index is 11.1. The molecule has 1 aromatic carbocycles. The van der Waals surface area contributed by atoms with Crippen LogP contribution in [0.5, 0.6) is 11.5 Å². The van der Waals surface area contributed by atoms with Gasteiger partial charge in [-0.15, -0.1) is 0 Å². The predicted octanol–water partition coefficient (Wildman–Crippen LogP) is 1.92. The summed E-state index contributed by atoms with van der Waals surface area (Å²) in [5, 5.41) is 10.9. The van der Waals surface area contributed by atoms with Gasteiger partial charge < -0.3 is 14.2 Å². The minimum atomic E-state index is -0.695. The molecule has 0 amide bonds. The number of nitrogens with zero attached hydrogens (tertiary/aromatic N) is 1. The fraction of sp³-hybridized carbons (Fsp3) is 0.364. The largest absolute Gasteiger partial charge is 0.496 e. The lowest BCUT2D eigenvalue weighted by molar-refractivity contribution is -0.385. The quantitative estimate of drug-likeness (QED) is 0.342. The first-order valence-electron chi connectivity index (χ1n) is 5.16. The van der Waals surface area contributed by atoms with E-state index in [0.29, 0.717) is 5.75 Å². The van der Waals surface area contributed by atoms with E-state index in [-0.39, 0.29) is 18.0 Å². The first-order valence-corrected chi connectivity index (χ1v) is 6.08. The van der Waals surface area contributed by atoms with Crippen molar-refractivity contribution in [2.45, 2.75) is 4.83 Å². The van der Waals surface area contributed by atoms with Crippen LogP contribution >= 0.6 is 15.9 Å². The van der Waals surface area contributed by atoms with Crippen LogP contribution in [0.1, 0.15) is 0 Å². The van der Waals surface area contributed by atoms with E-state index in [9.17, 15) is 14.9 Å². The van der Waals surface area contributed by atoms with E-state index < -0.39 is 15.7 Å². The third kappa shape index (κ3) is 4.09. The zero-order chi connectivity index (χ0) is 14.4. The molecule has 0 aliphatic heterocycles. The number of carbonyl (C=O) groups excluding carboxylic acids is 1. The molecule has 0 fully saturated rings. The Balaban J connectivity index is 2.83. The number of methoxy groups -OCH3 is 2. The number of halogens is 1. The first-order chi connectivity index (χ1) is 8.99. The summed E-state index contributed by atoms with van der Waals surface area (Å²) in [6.45, 7) is -0.0835. The minimum absolute atomic E-state index is 0.0548. The number of ether oxygens (including phenoxy) is 3. The van der Waals surface area contributed by atoms with Crippen LogP contribution in [0.15, 0.2) is 18.2 Å². The SMILES string of the molecule is COC(=O)C(Br)COc1ccc(OC)cc1[N+](=O)[O-]. The number of hydrogen-bond acceptors (Lipinski definition) is 6. The van der Waals surface area contributed by atoms with Crippen molar-refractivity contribution in [2.75, 3.05) is 20.8 Å². The normalized spacial score (nSPS) is 11.5. The third-order valence-electron chi connectivity index (χ3n) is 2.20. The molecular formula is C11H12BrNO6. The second kappa shape index (κ2) is 6.93. The molecule has 1 atom stereocenters. The molecule has 8 heteroatoms. The van der Waals surface area contributed by atoms with Crippen LogP contribution in [0, 0.1) is 10.1 Å². The van der Waals surface area contributed by atoms with E-state index in [4.69, 9.17) is 9.47 Å². The van der Waals surface area contributed by atoms with Gasteiger partial charge in [0.05, 0.1) is 25.2 Å². The highest BCUT2D eigenvalue weighted by molar-refractivity contribution is 9.10. The number of carbonyl (C=O) groups is 1. The fourth-order valence-corrected chi connectivity index (χ4v) is 1.57. The zero-order valence-corrected chi connectivity index (χ0v) is 11.9. The average Bonchev–Trinajstić information content (AvgIpc) is 2.43. The first kappa shape index (κ1) is 15.2. The number of hydrogen-bond donors (Lipinski definition) is 0. The van der Waals surface area contributed by atoms with Crippen molar-refractivity contribution in [3.05, 3.63) is 28.3 Å². The smallest absolute Gasteiger partial charge is 0.322 e. The van der Waals surface area contributed by atoms with Gasteiger partial charge in [0.15, 0.2) is 5.75 Å². The molecule has 0 aromatic heterocycles. The molecule has 0 aliphatic carbocycles. The van der Waals surface area contributed by atoms with E-state index >= 15 is 0 Å². The van der Waals surface area contributed by atoms with E-state index in [0.717, 1.165) is 0 Å². The van der Waals surface area contributed by atoms with Crippen molar-refractivity contribution >= 4 is 27.6 Å². The molecule has 0 spiro atoms. The number of nitro groups is 1. The molecule has 19 heavy (non-hydrogen) atoms. The topological polar surface area (TPSA) is 87.9 Å². The second-order valence-electron chi connectivity index (χ2n) is 3.39. The molecule has 1 rings (SSSR count). The lowest BCUT2D eigenvalue weighted by atomic mass is 10.3. The van der Waals surface area contributed by atoms with Crippen molar-refractivity contribution in [1.82, 2.24) is 0 Å². The summed E-state index contributed by atoms with van der Waals surface area (Å²) in [5.74, 6) is -0.113. The molecule has 7 nitrogen and oxygen atoms in total. The average molecular weight is 334 g/mol. The molecular weight excluding hydrogens is 322 g/mol. The monoisotopic (exact) mass is 333 g/mol. The van der Waals surface area contributed by atoms with E-state index in [1.807, 2.05) is 0 Å². The van der Waals surface area contributed by atoms with Gasteiger partial charge in [-0.1, -0.05) is 15.9 Å². The van der Waals surface area contributed by atoms with Crippen molar-refractivity contribution < 1.29 is 23.9 Å². The predicted molar refractivity (Wildman–Crippen MR) is 69.9 cm³/mol. The number of alkyl halides is 1. The summed E-state index contributed by atoms with van der Waals surface area (Å²) in [7, 11) is 2.65. The summed E-state index contributed by atoms with van der Waals surface area (Å²) in [6.07, 6.45) is 0. The molecule has 0 radical (unpaired) electrons. The maximum Gasteiger partial charge on any atom is 0.322 e. The van der Waals surface area contributed by atoms with Crippen LogP contribution in [0.4, 0.5) is 5.69 Å². The molecule has 1 unspecified atom stereocenters. The Bertz CT molecular complexity index is 478. The van der Waals surface area contributed by atoms with Crippen LogP contribution in [-0.4, -0.2) is 36.5 Å². The summed E-state index contributed by atoms with van der Waals surface area (Å²) >= 11 is 3.06. The van der Waals surface area contributed by atoms with Crippen molar-refractivity contribution in [2.24, 2.45) is 0 Å². The highest BCUT2D eigenvalue weighted by atomic mass is 79.9. The Morgan fingerprint density at radius 1 is 1.47 bits per heavy atom. The second-order valence-corrected chi connectivity index (χ2v) is 4.50. The zero-order valence-electron chi connectivity index (χ0n) is 10.3. The Morgan fingerprint density at radius 3 is 2.68 bits per heavy atom. The lowest BCUT2D eigenvalue weighted by Crippen LogP contribution is -2.23. The molecule has 104 valence electrons. The van der Waals surface area contributed by atoms with Crippen LogP contribution in [-0.2, 0) is 9.53 Å². The molecule has 0 aliphatic rings. The van der Waals surface area contributed by atoms with Gasteiger partial charge in [0, 0.05) is 0 Å². The third-order valence-corrected chi connectivity index (χ3v) is 2.84. The van der Waals surface area contributed by atoms with Crippen molar-refractivity contribution in [3.63, 3.8) is 0 Å². The van der Waals surface area contributed by atoms with Crippen molar-refractivity contribution in [3.8, 4) is 11.5 Å². The minimum Gasteiger partial charge on any atom is -0.496 e. The maximum absolute atomic E-state index is 11.1. The van der Waals surface area contributed by atoms with Gasteiger partial charge in [-0.3, -0.25) is 14.9 Å². The van der Waals surface area contributed by atoms with Crippen LogP contribution in [0.2, 0.25) is 0 Å². The molecule has 0 heterocycles. The Hall–Kier alpha value is -1.83. The molecule has 0 saturated carbocycles. The molecule has 0 bridgehead atoms. The number of nitro benzene ring substituents is 1.